The summed E-state index contributed by atoms with van der Waals surface area (Å²) in [6.07, 6.45) is 7.19. The van der Waals surface area contributed by atoms with Crippen LogP contribution in [0.3, 0.4) is 0 Å². The third-order valence-electron chi connectivity index (χ3n) is 4.16. The SMILES string of the molecule is CC1CCC(CCNC(=O)c2cc(S(=O)(=O)Cl)c[nH]2)CC1. The van der Waals surface area contributed by atoms with E-state index in [1.165, 1.54) is 37.9 Å². The lowest BCUT2D eigenvalue weighted by molar-refractivity contribution is 0.0945. The number of nitrogens with one attached hydrogen (secondary N) is 2. The number of hydrogen-bond acceptors (Lipinski definition) is 3. The van der Waals surface area contributed by atoms with Crippen LogP contribution in [0.25, 0.3) is 0 Å². The van der Waals surface area contributed by atoms with Gasteiger partial charge in [-0.2, -0.15) is 0 Å². The Balaban J connectivity index is 1.78. The standard InChI is InChI=1S/C14H21ClN2O3S/c1-10-2-4-11(5-3-10)6-7-16-14(18)13-8-12(9-17-13)21(15,19)20/h8-11,17H,2-7H2,1H3,(H,16,18). The van der Waals surface area contributed by atoms with E-state index >= 15 is 0 Å². The molecule has 0 aliphatic heterocycles. The topological polar surface area (TPSA) is 79.0 Å². The fourth-order valence-corrected chi connectivity index (χ4v) is 3.47. The average Bonchev–Trinajstić information content (AvgIpc) is 2.90. The van der Waals surface area contributed by atoms with Crippen LogP contribution in [0, 0.1) is 11.8 Å². The largest absolute Gasteiger partial charge is 0.356 e. The minimum Gasteiger partial charge on any atom is -0.356 e. The molecule has 0 radical (unpaired) electrons. The Morgan fingerprint density at radius 2 is 2.05 bits per heavy atom. The van der Waals surface area contributed by atoms with Gasteiger partial charge >= 0.3 is 0 Å². The van der Waals surface area contributed by atoms with E-state index in [4.69, 9.17) is 10.7 Å². The lowest BCUT2D eigenvalue weighted by Crippen LogP contribution is -2.27. The Morgan fingerprint density at radius 1 is 1.38 bits per heavy atom. The highest BCUT2D eigenvalue weighted by Crippen LogP contribution is 2.29. The van der Waals surface area contributed by atoms with Crippen LogP contribution in [-0.2, 0) is 9.05 Å². The normalized spacial score (nSPS) is 23.0. The zero-order valence-electron chi connectivity index (χ0n) is 12.1. The fourth-order valence-electron chi connectivity index (χ4n) is 2.75. The maximum absolute atomic E-state index is 11.9. The fraction of sp³-hybridized carbons (Fsp3) is 0.643. The van der Waals surface area contributed by atoms with Crippen LogP contribution < -0.4 is 5.32 Å². The van der Waals surface area contributed by atoms with Crippen molar-refractivity contribution in [3.63, 3.8) is 0 Å². The third-order valence-corrected chi connectivity index (χ3v) is 5.49. The molecule has 7 heteroatoms. The molecule has 2 N–H and O–H groups in total. The Kier molecular flexibility index (Phi) is 5.32. The number of halogens is 1. The van der Waals surface area contributed by atoms with Gasteiger partial charge < -0.3 is 10.3 Å². The highest BCUT2D eigenvalue weighted by atomic mass is 35.7. The van der Waals surface area contributed by atoms with Crippen molar-refractivity contribution in [3.8, 4) is 0 Å². The number of aromatic nitrogens is 1. The molecule has 21 heavy (non-hydrogen) atoms. The summed E-state index contributed by atoms with van der Waals surface area (Å²) < 4.78 is 22.3. The lowest BCUT2D eigenvalue weighted by Gasteiger charge is -2.26. The number of H-pyrrole nitrogens is 1. The van der Waals surface area contributed by atoms with E-state index in [0.717, 1.165) is 12.3 Å². The molecule has 1 aromatic rings. The second-order valence-corrected chi connectivity index (χ2v) is 8.42. The van der Waals surface area contributed by atoms with Crippen molar-refractivity contribution in [1.29, 1.82) is 0 Å². The highest BCUT2D eigenvalue weighted by molar-refractivity contribution is 8.13. The number of hydrogen-bond donors (Lipinski definition) is 2. The first-order valence-electron chi connectivity index (χ1n) is 7.27. The van der Waals surface area contributed by atoms with Crippen LogP contribution in [0.15, 0.2) is 17.2 Å². The Labute approximate surface area is 129 Å². The number of amides is 1. The molecule has 5 nitrogen and oxygen atoms in total. The average molecular weight is 333 g/mol. The van der Waals surface area contributed by atoms with Gasteiger partial charge in [-0.3, -0.25) is 4.79 Å². The molecule has 0 aromatic carbocycles. The first kappa shape index (κ1) is 16.4. The van der Waals surface area contributed by atoms with Gasteiger partial charge in [0.1, 0.15) is 10.6 Å². The molecule has 1 aliphatic carbocycles. The van der Waals surface area contributed by atoms with Crippen LogP contribution in [0.5, 0.6) is 0 Å². The van der Waals surface area contributed by atoms with Gasteiger partial charge in [0.15, 0.2) is 0 Å². The summed E-state index contributed by atoms with van der Waals surface area (Å²) in [6.45, 7) is 2.89. The Bertz CT molecular complexity index is 589. The maximum Gasteiger partial charge on any atom is 0.267 e. The smallest absolute Gasteiger partial charge is 0.267 e. The third kappa shape index (κ3) is 4.74. The van der Waals surface area contributed by atoms with Crippen molar-refractivity contribution in [2.24, 2.45) is 11.8 Å². The van der Waals surface area contributed by atoms with Crippen molar-refractivity contribution in [3.05, 3.63) is 18.0 Å². The van der Waals surface area contributed by atoms with Crippen LogP contribution in [0.2, 0.25) is 0 Å². The first-order chi connectivity index (χ1) is 9.86. The summed E-state index contributed by atoms with van der Waals surface area (Å²) in [4.78, 5) is 14.4. The van der Waals surface area contributed by atoms with Gasteiger partial charge in [0.25, 0.3) is 15.0 Å². The zero-order valence-corrected chi connectivity index (χ0v) is 13.6. The van der Waals surface area contributed by atoms with Gasteiger partial charge in [-0.1, -0.05) is 32.6 Å². The van der Waals surface area contributed by atoms with E-state index in [2.05, 4.69) is 17.2 Å². The maximum atomic E-state index is 11.9. The van der Waals surface area contributed by atoms with Gasteiger partial charge in [0, 0.05) is 23.4 Å². The first-order valence-corrected chi connectivity index (χ1v) is 9.58. The molecule has 0 spiro atoms. The molecule has 1 saturated carbocycles. The predicted octanol–water partition coefficient (Wildman–Crippen LogP) is 2.89. The predicted molar refractivity (Wildman–Crippen MR) is 81.9 cm³/mol. The quantitative estimate of drug-likeness (QED) is 0.814. The van der Waals surface area contributed by atoms with Gasteiger partial charge in [0.2, 0.25) is 0 Å². The van der Waals surface area contributed by atoms with E-state index < -0.39 is 9.05 Å². The molecule has 118 valence electrons. The molecule has 0 unspecified atom stereocenters. The molecule has 0 atom stereocenters. The molecule has 1 amide bonds. The monoisotopic (exact) mass is 332 g/mol. The van der Waals surface area contributed by atoms with Crippen LogP contribution >= 0.6 is 10.7 Å². The van der Waals surface area contributed by atoms with Gasteiger partial charge in [-0.05, 0) is 24.3 Å². The van der Waals surface area contributed by atoms with Crippen molar-refractivity contribution in [1.82, 2.24) is 10.3 Å². The number of rotatable bonds is 5. The lowest BCUT2D eigenvalue weighted by atomic mass is 9.81. The summed E-state index contributed by atoms with van der Waals surface area (Å²) in [6, 6.07) is 1.25. The molecule has 1 fully saturated rings. The molecule has 1 heterocycles. The van der Waals surface area contributed by atoms with Crippen LogP contribution in [0.1, 0.15) is 49.5 Å². The molecule has 1 aromatic heterocycles. The minimum atomic E-state index is -3.80. The zero-order chi connectivity index (χ0) is 15.5. The Hall–Kier alpha value is -1.01. The van der Waals surface area contributed by atoms with Gasteiger partial charge in [-0.25, -0.2) is 8.42 Å². The van der Waals surface area contributed by atoms with Crippen molar-refractivity contribution in [2.75, 3.05) is 6.54 Å². The summed E-state index contributed by atoms with van der Waals surface area (Å²) in [7, 11) is 1.42. The molecule has 1 aliphatic rings. The van der Waals surface area contributed by atoms with E-state index in [0.29, 0.717) is 12.5 Å². The van der Waals surface area contributed by atoms with Crippen molar-refractivity contribution < 1.29 is 13.2 Å². The van der Waals surface area contributed by atoms with E-state index in [1.807, 2.05) is 0 Å². The minimum absolute atomic E-state index is 0.0874. The van der Waals surface area contributed by atoms with Crippen molar-refractivity contribution >= 4 is 25.6 Å². The number of aromatic amines is 1. The molecule has 2 rings (SSSR count). The van der Waals surface area contributed by atoms with E-state index in [1.54, 1.807) is 0 Å². The van der Waals surface area contributed by atoms with Gasteiger partial charge in [0.05, 0.1) is 0 Å². The molecular weight excluding hydrogens is 312 g/mol. The number of carbonyl (C=O) groups excluding carboxylic acids is 1. The molecule has 0 bridgehead atoms. The van der Waals surface area contributed by atoms with E-state index in [9.17, 15) is 13.2 Å². The van der Waals surface area contributed by atoms with Gasteiger partial charge in [-0.15, -0.1) is 0 Å². The molecule has 0 saturated heterocycles. The summed E-state index contributed by atoms with van der Waals surface area (Å²) in [5.41, 5.74) is 0.214. The number of carbonyl (C=O) groups is 1. The van der Waals surface area contributed by atoms with E-state index in [-0.39, 0.29) is 16.5 Å². The van der Waals surface area contributed by atoms with Crippen LogP contribution in [0.4, 0.5) is 0 Å². The summed E-state index contributed by atoms with van der Waals surface area (Å²) >= 11 is 0. The summed E-state index contributed by atoms with van der Waals surface area (Å²) in [5, 5.41) is 2.81. The Morgan fingerprint density at radius 3 is 2.62 bits per heavy atom. The summed E-state index contributed by atoms with van der Waals surface area (Å²) in [5.74, 6) is 1.21. The highest BCUT2D eigenvalue weighted by Gasteiger charge is 2.19. The second-order valence-electron chi connectivity index (χ2n) is 5.86. The van der Waals surface area contributed by atoms with Crippen LogP contribution in [-0.4, -0.2) is 25.9 Å². The molecular formula is C14H21ClN2O3S. The van der Waals surface area contributed by atoms with Crippen molar-refractivity contribution in [2.45, 2.75) is 43.9 Å². The second kappa shape index (κ2) is 6.83.